The van der Waals surface area contributed by atoms with E-state index in [1.54, 1.807) is 16.9 Å². The van der Waals surface area contributed by atoms with Crippen LogP contribution in [0.1, 0.15) is 25.1 Å². The number of nitrogens with two attached hydrogens (primary N) is 1. The Bertz CT molecular complexity index is 1220. The molecule has 1 atom stereocenters. The molecule has 1 aliphatic heterocycles. The van der Waals surface area contributed by atoms with Crippen molar-refractivity contribution in [2.45, 2.75) is 26.8 Å². The molecule has 0 amide bonds. The van der Waals surface area contributed by atoms with E-state index in [1.807, 2.05) is 31.7 Å². The van der Waals surface area contributed by atoms with Crippen molar-refractivity contribution in [3.05, 3.63) is 59.4 Å². The van der Waals surface area contributed by atoms with Crippen LogP contribution in [0.5, 0.6) is 0 Å². The van der Waals surface area contributed by atoms with Crippen LogP contribution < -0.4 is 16.0 Å². The van der Waals surface area contributed by atoms with E-state index in [2.05, 4.69) is 31.4 Å². The van der Waals surface area contributed by atoms with Crippen LogP contribution in [0.25, 0.3) is 11.9 Å². The fourth-order valence-corrected chi connectivity index (χ4v) is 4.30. The number of aliphatic hydroxyl groups is 1. The normalized spacial score (nSPS) is 15.6. The van der Waals surface area contributed by atoms with Gasteiger partial charge in [0.1, 0.15) is 17.5 Å². The molecular formula is C26H34F2N8O. The van der Waals surface area contributed by atoms with Gasteiger partial charge in [-0.2, -0.15) is 15.1 Å². The third-order valence-corrected chi connectivity index (χ3v) is 6.58. The third kappa shape index (κ3) is 6.60. The molecule has 0 spiro atoms. The first-order chi connectivity index (χ1) is 17.7. The number of benzene rings is 1. The average molecular weight is 513 g/mol. The van der Waals surface area contributed by atoms with Crippen molar-refractivity contribution < 1.29 is 13.9 Å². The second-order valence-electron chi connectivity index (χ2n) is 9.56. The highest BCUT2D eigenvalue weighted by Crippen LogP contribution is 2.21. The third-order valence-electron chi connectivity index (χ3n) is 6.58. The highest BCUT2D eigenvalue weighted by atomic mass is 19.1. The molecule has 4 rings (SSSR count). The zero-order valence-corrected chi connectivity index (χ0v) is 21.4. The molecule has 1 fully saturated rings. The molecule has 198 valence electrons. The summed E-state index contributed by atoms with van der Waals surface area (Å²) < 4.78 is 28.8. The van der Waals surface area contributed by atoms with Crippen LogP contribution in [0.2, 0.25) is 0 Å². The minimum absolute atomic E-state index is 0.0228. The number of piperazine rings is 1. The van der Waals surface area contributed by atoms with Crippen molar-refractivity contribution in [2.75, 3.05) is 55.3 Å². The fraction of sp³-hybridized carbons (Fsp3) is 0.423. The Morgan fingerprint density at radius 3 is 2.43 bits per heavy atom. The molecule has 0 bridgehead atoms. The minimum atomic E-state index is -0.557. The topological polar surface area (TPSA) is 108 Å². The Labute approximate surface area is 215 Å². The Morgan fingerprint density at radius 2 is 1.78 bits per heavy atom. The Hall–Kier alpha value is -3.57. The molecule has 37 heavy (non-hydrogen) atoms. The van der Waals surface area contributed by atoms with Gasteiger partial charge in [0.15, 0.2) is 5.82 Å². The number of aliphatic hydroxyl groups excluding tert-OH is 1. The van der Waals surface area contributed by atoms with E-state index in [0.29, 0.717) is 30.4 Å². The van der Waals surface area contributed by atoms with E-state index < -0.39 is 11.6 Å². The predicted molar refractivity (Wildman–Crippen MR) is 142 cm³/mol. The first kappa shape index (κ1) is 26.5. The molecular weight excluding hydrogens is 478 g/mol. The van der Waals surface area contributed by atoms with Gasteiger partial charge in [-0.05, 0) is 25.0 Å². The number of nitrogens with zero attached hydrogens (tertiary/aromatic N) is 6. The molecule has 0 unspecified atom stereocenters. The summed E-state index contributed by atoms with van der Waals surface area (Å²) in [6.07, 6.45) is 5.89. The van der Waals surface area contributed by atoms with Crippen LogP contribution in [0.15, 0.2) is 36.5 Å². The lowest BCUT2D eigenvalue weighted by Crippen LogP contribution is -2.46. The first-order valence-corrected chi connectivity index (χ1v) is 12.4. The van der Waals surface area contributed by atoms with E-state index in [9.17, 15) is 13.9 Å². The summed E-state index contributed by atoms with van der Waals surface area (Å²) in [5.74, 6) is 0.282. The van der Waals surface area contributed by atoms with Gasteiger partial charge < -0.3 is 21.1 Å². The van der Waals surface area contributed by atoms with E-state index >= 15 is 0 Å². The molecule has 3 aromatic rings. The Morgan fingerprint density at radius 1 is 1.08 bits per heavy atom. The van der Waals surface area contributed by atoms with Gasteiger partial charge in [-0.1, -0.05) is 26.0 Å². The van der Waals surface area contributed by atoms with E-state index in [1.165, 1.54) is 12.1 Å². The lowest BCUT2D eigenvalue weighted by molar-refractivity contribution is 0.249. The van der Waals surface area contributed by atoms with Crippen molar-refractivity contribution in [1.82, 2.24) is 24.6 Å². The van der Waals surface area contributed by atoms with Gasteiger partial charge in [0.25, 0.3) is 0 Å². The lowest BCUT2D eigenvalue weighted by atomic mass is 10.1. The van der Waals surface area contributed by atoms with Gasteiger partial charge in [-0.15, -0.1) is 0 Å². The van der Waals surface area contributed by atoms with Crippen molar-refractivity contribution in [1.29, 1.82) is 0 Å². The SMILES string of the molecule is Cc1c(C=CCN2CCN(c3cc(F)cc(F)c3)CC2)cnn1-c1cc(N[C@H](CO)C(C)C)nc(N)n1. The summed E-state index contributed by atoms with van der Waals surface area (Å²) in [5, 5.41) is 17.3. The second kappa shape index (κ2) is 11.7. The second-order valence-corrected chi connectivity index (χ2v) is 9.56. The molecule has 9 nitrogen and oxygen atoms in total. The van der Waals surface area contributed by atoms with Gasteiger partial charge in [0.2, 0.25) is 5.95 Å². The number of nitrogen functional groups attached to an aromatic ring is 1. The first-order valence-electron chi connectivity index (χ1n) is 12.4. The lowest BCUT2D eigenvalue weighted by Gasteiger charge is -2.35. The highest BCUT2D eigenvalue weighted by molar-refractivity contribution is 5.54. The van der Waals surface area contributed by atoms with Crippen molar-refractivity contribution in [3.8, 4) is 5.82 Å². The largest absolute Gasteiger partial charge is 0.394 e. The molecule has 1 aromatic carbocycles. The zero-order chi connectivity index (χ0) is 26.5. The zero-order valence-electron chi connectivity index (χ0n) is 21.4. The summed E-state index contributed by atoms with van der Waals surface area (Å²) in [6.45, 7) is 9.71. The monoisotopic (exact) mass is 512 g/mol. The highest BCUT2D eigenvalue weighted by Gasteiger charge is 2.18. The predicted octanol–water partition coefficient (Wildman–Crippen LogP) is 3.10. The molecule has 0 radical (unpaired) electrons. The average Bonchev–Trinajstić information content (AvgIpc) is 3.22. The van der Waals surface area contributed by atoms with E-state index in [-0.39, 0.29) is 24.5 Å². The van der Waals surface area contributed by atoms with Gasteiger partial charge in [-0.3, -0.25) is 4.90 Å². The van der Waals surface area contributed by atoms with Crippen LogP contribution >= 0.6 is 0 Å². The molecule has 1 saturated heterocycles. The number of aromatic nitrogens is 4. The van der Waals surface area contributed by atoms with Gasteiger partial charge >= 0.3 is 0 Å². The van der Waals surface area contributed by atoms with Crippen LogP contribution in [-0.4, -0.2) is 75.1 Å². The van der Waals surface area contributed by atoms with E-state index in [0.717, 1.165) is 37.0 Å². The summed E-state index contributed by atoms with van der Waals surface area (Å²) >= 11 is 0. The summed E-state index contributed by atoms with van der Waals surface area (Å²) in [5.41, 5.74) is 8.38. The maximum Gasteiger partial charge on any atom is 0.224 e. The fourth-order valence-electron chi connectivity index (χ4n) is 4.30. The number of rotatable bonds is 9. The van der Waals surface area contributed by atoms with Crippen LogP contribution in [-0.2, 0) is 0 Å². The molecule has 4 N–H and O–H groups in total. The number of hydrogen-bond donors (Lipinski definition) is 3. The van der Waals surface area contributed by atoms with Crippen molar-refractivity contribution in [2.24, 2.45) is 5.92 Å². The van der Waals surface area contributed by atoms with Gasteiger partial charge in [0.05, 0.1) is 24.5 Å². The standard InChI is InChI=1S/C26H34F2N8O/c1-17(2)23(16-37)31-24-14-25(33-26(29)32-24)36-18(3)19(15-30-36)5-4-6-34-7-9-35(10-8-34)22-12-20(27)11-21(28)13-22/h4-5,11-15,17,23,37H,6-10,16H2,1-3H3,(H3,29,31,32,33)/t23-/m1/s1. The van der Waals surface area contributed by atoms with Gasteiger partial charge in [-0.25, -0.2) is 13.5 Å². The molecule has 11 heteroatoms. The number of nitrogens with one attached hydrogen (secondary N) is 1. The summed E-state index contributed by atoms with van der Waals surface area (Å²) in [6, 6.07) is 5.25. The molecule has 1 aliphatic rings. The smallest absolute Gasteiger partial charge is 0.224 e. The summed E-state index contributed by atoms with van der Waals surface area (Å²) in [7, 11) is 0. The number of anilines is 3. The Kier molecular flexibility index (Phi) is 8.34. The quantitative estimate of drug-likeness (QED) is 0.402. The summed E-state index contributed by atoms with van der Waals surface area (Å²) in [4.78, 5) is 12.9. The Balaban J connectivity index is 1.37. The van der Waals surface area contributed by atoms with Crippen LogP contribution in [0.4, 0.5) is 26.2 Å². The molecule has 0 saturated carbocycles. The van der Waals surface area contributed by atoms with Crippen molar-refractivity contribution >= 4 is 23.5 Å². The van der Waals surface area contributed by atoms with E-state index in [4.69, 9.17) is 5.73 Å². The van der Waals surface area contributed by atoms with Crippen molar-refractivity contribution in [3.63, 3.8) is 0 Å². The van der Waals surface area contributed by atoms with Gasteiger partial charge in [0, 0.05) is 56.1 Å². The molecule has 3 heterocycles. The van der Waals surface area contributed by atoms with Crippen LogP contribution in [0, 0.1) is 24.5 Å². The molecule has 2 aromatic heterocycles. The maximum atomic E-state index is 13.5. The number of hydrogen-bond acceptors (Lipinski definition) is 8. The molecule has 0 aliphatic carbocycles. The van der Waals surface area contributed by atoms with Crippen LogP contribution in [0.3, 0.4) is 0 Å². The maximum absolute atomic E-state index is 13.5. The minimum Gasteiger partial charge on any atom is -0.394 e. The number of halogens is 2.